The largest absolute Gasteiger partial charge is 0.377 e. The molecule has 0 bridgehead atoms. The first-order valence-electron chi connectivity index (χ1n) is 6.77. The van der Waals surface area contributed by atoms with Gasteiger partial charge in [-0.25, -0.2) is 0 Å². The smallest absolute Gasteiger partial charge is 0.246 e. The van der Waals surface area contributed by atoms with E-state index >= 15 is 0 Å². The number of amides is 2. The molecule has 1 saturated heterocycles. The molecule has 2 rings (SSSR count). The Kier molecular flexibility index (Phi) is 3.90. The van der Waals surface area contributed by atoms with Gasteiger partial charge >= 0.3 is 0 Å². The van der Waals surface area contributed by atoms with E-state index in [4.69, 9.17) is 4.74 Å². The van der Waals surface area contributed by atoms with Gasteiger partial charge in [0.1, 0.15) is 12.1 Å². The average molecular weight is 254 g/mol. The van der Waals surface area contributed by atoms with Crippen LogP contribution in [0.4, 0.5) is 0 Å². The molecule has 0 aromatic carbocycles. The fourth-order valence-electron chi connectivity index (χ4n) is 2.46. The quantitative estimate of drug-likeness (QED) is 0.779. The van der Waals surface area contributed by atoms with Crippen molar-refractivity contribution in [2.45, 2.75) is 51.8 Å². The first-order valence-corrected chi connectivity index (χ1v) is 6.77. The summed E-state index contributed by atoms with van der Waals surface area (Å²) in [6, 6.07) is -0.696. The maximum Gasteiger partial charge on any atom is 0.246 e. The predicted octanol–water partition coefficient (Wildman–Crippen LogP) is 0.537. The van der Waals surface area contributed by atoms with Crippen LogP contribution in [0, 0.1) is 5.92 Å². The molecule has 3 unspecified atom stereocenters. The lowest BCUT2D eigenvalue weighted by Gasteiger charge is -2.38. The normalized spacial score (nSPS) is 30.3. The van der Waals surface area contributed by atoms with Crippen molar-refractivity contribution in [2.24, 2.45) is 5.92 Å². The Morgan fingerprint density at radius 2 is 2.11 bits per heavy atom. The molecule has 1 aliphatic carbocycles. The molecule has 1 aliphatic heterocycles. The number of piperazine rings is 1. The zero-order valence-corrected chi connectivity index (χ0v) is 11.3. The number of rotatable bonds is 5. The van der Waals surface area contributed by atoms with Crippen molar-refractivity contribution in [1.29, 1.82) is 0 Å². The van der Waals surface area contributed by atoms with Gasteiger partial charge in [-0.3, -0.25) is 9.59 Å². The van der Waals surface area contributed by atoms with Gasteiger partial charge in [-0.15, -0.1) is 0 Å². The predicted molar refractivity (Wildman–Crippen MR) is 66.9 cm³/mol. The molecule has 0 radical (unpaired) electrons. The van der Waals surface area contributed by atoms with Crippen LogP contribution in [-0.4, -0.2) is 48.1 Å². The van der Waals surface area contributed by atoms with Crippen LogP contribution in [0.15, 0.2) is 0 Å². The standard InChI is InChI=1S/C13H22N2O3/c1-4-18-8(2)7-15-9(3)12(16)14-11(13(15)17)10-5-6-10/h8-11H,4-7H2,1-3H3,(H,14,16). The zero-order valence-electron chi connectivity index (χ0n) is 11.3. The summed E-state index contributed by atoms with van der Waals surface area (Å²) in [5.74, 6) is 0.352. The Morgan fingerprint density at radius 1 is 1.44 bits per heavy atom. The minimum atomic E-state index is -0.393. The second-order valence-corrected chi connectivity index (χ2v) is 5.26. The fraction of sp³-hybridized carbons (Fsp3) is 0.846. The minimum absolute atomic E-state index is 0.0350. The van der Waals surface area contributed by atoms with Crippen LogP contribution in [-0.2, 0) is 14.3 Å². The molecule has 1 N–H and O–H groups in total. The fourth-order valence-corrected chi connectivity index (χ4v) is 2.46. The number of nitrogens with one attached hydrogen (secondary N) is 1. The molecule has 102 valence electrons. The molecule has 3 atom stereocenters. The first-order chi connectivity index (χ1) is 8.54. The van der Waals surface area contributed by atoms with Gasteiger partial charge in [0.15, 0.2) is 0 Å². The minimum Gasteiger partial charge on any atom is -0.377 e. The monoisotopic (exact) mass is 254 g/mol. The SMILES string of the molecule is CCOC(C)CN1C(=O)C(C2CC2)NC(=O)C1C. The Morgan fingerprint density at radius 3 is 2.67 bits per heavy atom. The number of hydrogen-bond acceptors (Lipinski definition) is 3. The molecule has 1 saturated carbocycles. The number of nitrogens with zero attached hydrogens (tertiary/aromatic N) is 1. The Labute approximate surface area is 108 Å². The van der Waals surface area contributed by atoms with Crippen LogP contribution in [0.2, 0.25) is 0 Å². The summed E-state index contributed by atoms with van der Waals surface area (Å²) in [5.41, 5.74) is 0. The van der Waals surface area contributed by atoms with Crippen LogP contribution in [0.3, 0.4) is 0 Å². The number of hydrogen-bond donors (Lipinski definition) is 1. The van der Waals surface area contributed by atoms with E-state index in [1.807, 2.05) is 13.8 Å². The lowest BCUT2D eigenvalue weighted by molar-refractivity contribution is -0.151. The van der Waals surface area contributed by atoms with E-state index in [1.165, 1.54) is 0 Å². The summed E-state index contributed by atoms with van der Waals surface area (Å²) < 4.78 is 5.46. The summed E-state index contributed by atoms with van der Waals surface area (Å²) in [4.78, 5) is 25.9. The topological polar surface area (TPSA) is 58.6 Å². The van der Waals surface area contributed by atoms with Gasteiger partial charge in [-0.2, -0.15) is 0 Å². The van der Waals surface area contributed by atoms with Crippen molar-refractivity contribution in [3.8, 4) is 0 Å². The average Bonchev–Trinajstić information content (AvgIpc) is 3.14. The van der Waals surface area contributed by atoms with Crippen LogP contribution >= 0.6 is 0 Å². The second-order valence-electron chi connectivity index (χ2n) is 5.26. The van der Waals surface area contributed by atoms with Crippen molar-refractivity contribution in [1.82, 2.24) is 10.2 Å². The van der Waals surface area contributed by atoms with Crippen LogP contribution in [0.25, 0.3) is 0 Å². The Hall–Kier alpha value is -1.10. The molecule has 2 amide bonds. The molecule has 0 aromatic rings. The van der Waals surface area contributed by atoms with Crippen molar-refractivity contribution in [3.05, 3.63) is 0 Å². The first kappa shape index (κ1) is 13.3. The molecule has 0 spiro atoms. The molecular weight excluding hydrogens is 232 g/mol. The molecular formula is C13H22N2O3. The van der Waals surface area contributed by atoms with Gasteiger partial charge in [-0.05, 0) is 39.5 Å². The van der Waals surface area contributed by atoms with E-state index in [0.29, 0.717) is 19.1 Å². The third-order valence-corrected chi connectivity index (χ3v) is 3.69. The summed E-state index contributed by atoms with van der Waals surface area (Å²) in [5, 5.41) is 2.84. The summed E-state index contributed by atoms with van der Waals surface area (Å²) in [7, 11) is 0. The summed E-state index contributed by atoms with van der Waals surface area (Å²) >= 11 is 0. The van der Waals surface area contributed by atoms with E-state index in [1.54, 1.807) is 11.8 Å². The highest BCUT2D eigenvalue weighted by atomic mass is 16.5. The molecule has 5 heteroatoms. The summed E-state index contributed by atoms with van der Waals surface area (Å²) in [6.07, 6.45) is 2.05. The lowest BCUT2D eigenvalue weighted by Crippen LogP contribution is -2.64. The molecule has 1 heterocycles. The van der Waals surface area contributed by atoms with Crippen molar-refractivity contribution in [2.75, 3.05) is 13.2 Å². The highest BCUT2D eigenvalue weighted by molar-refractivity contribution is 5.97. The van der Waals surface area contributed by atoms with E-state index in [9.17, 15) is 9.59 Å². The molecule has 18 heavy (non-hydrogen) atoms. The second kappa shape index (κ2) is 5.26. The van der Waals surface area contributed by atoms with Gasteiger partial charge in [0.25, 0.3) is 0 Å². The maximum atomic E-state index is 12.4. The maximum absolute atomic E-state index is 12.4. The van der Waals surface area contributed by atoms with E-state index < -0.39 is 6.04 Å². The van der Waals surface area contributed by atoms with Crippen molar-refractivity contribution in [3.63, 3.8) is 0 Å². The van der Waals surface area contributed by atoms with E-state index in [2.05, 4.69) is 5.32 Å². The van der Waals surface area contributed by atoms with Gasteiger partial charge in [0, 0.05) is 13.2 Å². The third kappa shape index (κ3) is 2.66. The van der Waals surface area contributed by atoms with E-state index in [-0.39, 0.29) is 24.0 Å². The van der Waals surface area contributed by atoms with Crippen LogP contribution < -0.4 is 5.32 Å². The number of carbonyl (C=O) groups is 2. The van der Waals surface area contributed by atoms with Gasteiger partial charge in [0.05, 0.1) is 6.10 Å². The third-order valence-electron chi connectivity index (χ3n) is 3.69. The zero-order chi connectivity index (χ0) is 13.3. The van der Waals surface area contributed by atoms with Gasteiger partial charge in [0.2, 0.25) is 11.8 Å². The van der Waals surface area contributed by atoms with Gasteiger partial charge in [-0.1, -0.05) is 0 Å². The molecule has 2 fully saturated rings. The lowest BCUT2D eigenvalue weighted by atomic mass is 10.0. The van der Waals surface area contributed by atoms with Crippen molar-refractivity contribution >= 4 is 11.8 Å². The number of carbonyl (C=O) groups excluding carboxylic acids is 2. The van der Waals surface area contributed by atoms with E-state index in [0.717, 1.165) is 12.8 Å². The molecule has 2 aliphatic rings. The molecule has 5 nitrogen and oxygen atoms in total. The Bertz CT molecular complexity index is 341. The van der Waals surface area contributed by atoms with Crippen molar-refractivity contribution < 1.29 is 14.3 Å². The summed E-state index contributed by atoms with van der Waals surface area (Å²) in [6.45, 7) is 6.75. The Balaban J connectivity index is 2.04. The molecule has 0 aromatic heterocycles. The number of ether oxygens (including phenoxy) is 1. The van der Waals surface area contributed by atoms with Gasteiger partial charge < -0.3 is 15.0 Å². The highest BCUT2D eigenvalue weighted by Crippen LogP contribution is 2.35. The van der Waals surface area contributed by atoms with Crippen LogP contribution in [0.1, 0.15) is 33.6 Å². The highest BCUT2D eigenvalue weighted by Gasteiger charge is 2.45. The van der Waals surface area contributed by atoms with Crippen LogP contribution in [0.5, 0.6) is 0 Å².